The van der Waals surface area contributed by atoms with E-state index in [9.17, 15) is 9.90 Å². The molecular weight excluding hydrogens is 306 g/mol. The Labute approximate surface area is 122 Å². The van der Waals surface area contributed by atoms with Crippen molar-refractivity contribution in [1.29, 1.82) is 0 Å². The average molecular weight is 326 g/mol. The maximum atomic E-state index is 12.2. The van der Waals surface area contributed by atoms with Crippen molar-refractivity contribution in [3.05, 3.63) is 29.8 Å². The molecule has 1 saturated carbocycles. The standard InChI is InChI=1S/C15H20BrNO2/c16-9-2-1-6-15(19)17(13-7-8-13)11-12-4-3-5-14(18)10-12/h3-5,10,13,18H,1-2,6-9,11H2. The largest absolute Gasteiger partial charge is 0.508 e. The number of unbranched alkanes of at least 4 members (excludes halogenated alkanes) is 1. The van der Waals surface area contributed by atoms with Gasteiger partial charge in [0.25, 0.3) is 0 Å². The van der Waals surface area contributed by atoms with E-state index in [2.05, 4.69) is 15.9 Å². The molecule has 19 heavy (non-hydrogen) atoms. The Kier molecular flexibility index (Phi) is 5.25. The van der Waals surface area contributed by atoms with Crippen molar-refractivity contribution in [1.82, 2.24) is 4.90 Å². The number of hydrogen-bond donors (Lipinski definition) is 1. The smallest absolute Gasteiger partial charge is 0.223 e. The van der Waals surface area contributed by atoms with Gasteiger partial charge in [-0.2, -0.15) is 0 Å². The van der Waals surface area contributed by atoms with Crippen molar-refractivity contribution in [3.63, 3.8) is 0 Å². The van der Waals surface area contributed by atoms with Crippen molar-refractivity contribution in [2.75, 3.05) is 5.33 Å². The molecule has 0 heterocycles. The van der Waals surface area contributed by atoms with Crippen molar-refractivity contribution in [2.45, 2.75) is 44.7 Å². The summed E-state index contributed by atoms with van der Waals surface area (Å²) in [6, 6.07) is 7.59. The summed E-state index contributed by atoms with van der Waals surface area (Å²) in [5.41, 5.74) is 1.00. The Bertz CT molecular complexity index is 432. The van der Waals surface area contributed by atoms with Crippen molar-refractivity contribution >= 4 is 21.8 Å². The number of amides is 1. The van der Waals surface area contributed by atoms with Crippen LogP contribution in [0.25, 0.3) is 0 Å². The molecule has 1 aliphatic carbocycles. The third kappa shape index (κ3) is 4.53. The number of benzene rings is 1. The number of phenols is 1. The lowest BCUT2D eigenvalue weighted by Crippen LogP contribution is -2.32. The van der Waals surface area contributed by atoms with Gasteiger partial charge in [-0.25, -0.2) is 0 Å². The van der Waals surface area contributed by atoms with Gasteiger partial charge in [0.1, 0.15) is 5.75 Å². The van der Waals surface area contributed by atoms with Crippen LogP contribution in [-0.2, 0) is 11.3 Å². The van der Waals surface area contributed by atoms with Crippen molar-refractivity contribution < 1.29 is 9.90 Å². The molecule has 1 N–H and O–H groups in total. The predicted molar refractivity (Wildman–Crippen MR) is 79.3 cm³/mol. The minimum Gasteiger partial charge on any atom is -0.508 e. The topological polar surface area (TPSA) is 40.5 Å². The van der Waals surface area contributed by atoms with Crippen molar-refractivity contribution in [2.24, 2.45) is 0 Å². The summed E-state index contributed by atoms with van der Waals surface area (Å²) in [7, 11) is 0. The van der Waals surface area contributed by atoms with Crippen LogP contribution in [0, 0.1) is 0 Å². The number of hydrogen-bond acceptors (Lipinski definition) is 2. The highest BCUT2D eigenvalue weighted by Crippen LogP contribution is 2.29. The Morgan fingerprint density at radius 3 is 2.79 bits per heavy atom. The molecule has 104 valence electrons. The van der Waals surface area contributed by atoms with E-state index in [1.54, 1.807) is 12.1 Å². The Hall–Kier alpha value is -1.03. The molecule has 3 nitrogen and oxygen atoms in total. The van der Waals surface area contributed by atoms with Crippen LogP contribution in [0.15, 0.2) is 24.3 Å². The molecule has 1 aromatic carbocycles. The number of phenolic OH excluding ortho intramolecular Hbond substituents is 1. The molecule has 0 bridgehead atoms. The highest BCUT2D eigenvalue weighted by molar-refractivity contribution is 9.09. The van der Waals surface area contributed by atoms with Gasteiger partial charge in [0.15, 0.2) is 0 Å². The minimum atomic E-state index is 0.242. The third-order valence-corrected chi connectivity index (χ3v) is 3.91. The SMILES string of the molecule is O=C(CCCCBr)N(Cc1cccc(O)c1)C1CC1. The van der Waals surface area contributed by atoms with Crippen molar-refractivity contribution in [3.8, 4) is 5.75 Å². The van der Waals surface area contributed by atoms with Gasteiger partial charge in [0.05, 0.1) is 0 Å². The molecule has 0 aromatic heterocycles. The van der Waals surface area contributed by atoms with Gasteiger partial charge in [-0.15, -0.1) is 0 Å². The maximum Gasteiger partial charge on any atom is 0.223 e. The van der Waals surface area contributed by atoms with Crippen LogP contribution in [0.5, 0.6) is 5.75 Å². The summed E-state index contributed by atoms with van der Waals surface area (Å²) >= 11 is 3.39. The summed E-state index contributed by atoms with van der Waals surface area (Å²) in [6.45, 7) is 0.617. The maximum absolute atomic E-state index is 12.2. The first-order valence-electron chi connectivity index (χ1n) is 6.84. The van der Waals surface area contributed by atoms with E-state index in [4.69, 9.17) is 0 Å². The Balaban J connectivity index is 1.94. The van der Waals surface area contributed by atoms with E-state index in [-0.39, 0.29) is 11.7 Å². The predicted octanol–water partition coefficient (Wildman–Crippen LogP) is 3.45. The van der Waals surface area contributed by atoms with Crippen LogP contribution in [0.1, 0.15) is 37.7 Å². The normalized spacial score (nSPS) is 14.4. The molecule has 0 aliphatic heterocycles. The fraction of sp³-hybridized carbons (Fsp3) is 0.533. The highest BCUT2D eigenvalue weighted by atomic mass is 79.9. The number of carbonyl (C=O) groups is 1. The number of halogens is 1. The van der Waals surface area contributed by atoms with Gasteiger partial charge in [-0.3, -0.25) is 4.79 Å². The van der Waals surface area contributed by atoms with Crippen LogP contribution in [-0.4, -0.2) is 27.3 Å². The van der Waals surface area contributed by atoms with Gasteiger partial charge in [-0.1, -0.05) is 28.1 Å². The van der Waals surface area contributed by atoms with Crippen LogP contribution in [0.3, 0.4) is 0 Å². The summed E-state index contributed by atoms with van der Waals surface area (Å²) in [6.07, 6.45) is 4.83. The molecule has 0 unspecified atom stereocenters. The summed E-state index contributed by atoms with van der Waals surface area (Å²) in [5.74, 6) is 0.506. The molecule has 1 aromatic rings. The van der Waals surface area contributed by atoms with Gasteiger partial charge in [0, 0.05) is 24.3 Å². The molecule has 0 radical (unpaired) electrons. The first-order chi connectivity index (χ1) is 9.20. The van der Waals surface area contributed by atoms with E-state index in [1.165, 1.54) is 0 Å². The lowest BCUT2D eigenvalue weighted by Gasteiger charge is -2.22. The van der Waals surface area contributed by atoms with E-state index in [0.29, 0.717) is 19.0 Å². The van der Waals surface area contributed by atoms with Gasteiger partial charge in [-0.05, 0) is 43.4 Å². The minimum absolute atomic E-state index is 0.242. The number of carbonyl (C=O) groups excluding carboxylic acids is 1. The molecule has 0 spiro atoms. The summed E-state index contributed by atoms with van der Waals surface area (Å²) in [4.78, 5) is 14.2. The van der Waals surface area contributed by atoms with Crippen LogP contribution in [0.2, 0.25) is 0 Å². The zero-order chi connectivity index (χ0) is 13.7. The monoisotopic (exact) mass is 325 g/mol. The van der Waals surface area contributed by atoms with Gasteiger partial charge in [0.2, 0.25) is 5.91 Å². The zero-order valence-electron chi connectivity index (χ0n) is 11.0. The third-order valence-electron chi connectivity index (χ3n) is 3.35. The number of rotatable bonds is 7. The molecule has 1 fully saturated rings. The number of alkyl halides is 1. The first kappa shape index (κ1) is 14.4. The molecule has 1 aliphatic rings. The lowest BCUT2D eigenvalue weighted by molar-refractivity contribution is -0.132. The fourth-order valence-corrected chi connectivity index (χ4v) is 2.57. The molecule has 2 rings (SSSR count). The van der Waals surface area contributed by atoms with E-state index in [1.807, 2.05) is 17.0 Å². The second-order valence-corrected chi connectivity index (χ2v) is 5.86. The second-order valence-electron chi connectivity index (χ2n) is 5.07. The molecular formula is C15H20BrNO2. The molecule has 0 saturated heterocycles. The van der Waals surface area contributed by atoms with Gasteiger partial charge < -0.3 is 10.0 Å². The molecule has 4 heteroatoms. The van der Waals surface area contributed by atoms with E-state index >= 15 is 0 Å². The number of nitrogens with zero attached hydrogens (tertiary/aromatic N) is 1. The first-order valence-corrected chi connectivity index (χ1v) is 7.96. The van der Waals surface area contributed by atoms with Gasteiger partial charge >= 0.3 is 0 Å². The fourth-order valence-electron chi connectivity index (χ4n) is 2.17. The molecule has 1 amide bonds. The second kappa shape index (κ2) is 6.94. The van der Waals surface area contributed by atoms with Crippen LogP contribution >= 0.6 is 15.9 Å². The molecule has 0 atom stereocenters. The zero-order valence-corrected chi connectivity index (χ0v) is 12.6. The number of aromatic hydroxyl groups is 1. The van der Waals surface area contributed by atoms with E-state index < -0.39 is 0 Å². The Morgan fingerprint density at radius 2 is 2.16 bits per heavy atom. The average Bonchev–Trinajstić information content (AvgIpc) is 3.20. The van der Waals surface area contributed by atoms with E-state index in [0.717, 1.165) is 36.6 Å². The Morgan fingerprint density at radius 1 is 1.37 bits per heavy atom. The highest BCUT2D eigenvalue weighted by Gasteiger charge is 2.32. The summed E-state index contributed by atoms with van der Waals surface area (Å²) in [5, 5.41) is 10.4. The quantitative estimate of drug-likeness (QED) is 0.616. The lowest BCUT2D eigenvalue weighted by atomic mass is 10.1. The summed E-state index contributed by atoms with van der Waals surface area (Å²) < 4.78 is 0. The van der Waals surface area contributed by atoms with Crippen LogP contribution in [0.4, 0.5) is 0 Å². The van der Waals surface area contributed by atoms with Crippen LogP contribution < -0.4 is 0 Å².